The fourth-order valence-corrected chi connectivity index (χ4v) is 9.01. The summed E-state index contributed by atoms with van der Waals surface area (Å²) < 4.78 is 11.4. The Bertz CT molecular complexity index is 688. The van der Waals surface area contributed by atoms with Crippen LogP contribution >= 0.6 is 0 Å². The first-order chi connectivity index (χ1) is 13.2. The molecule has 0 aromatic carbocycles. The van der Waals surface area contributed by atoms with Gasteiger partial charge in [-0.1, -0.05) is 20.8 Å². The van der Waals surface area contributed by atoms with Crippen LogP contribution in [0.25, 0.3) is 0 Å². The minimum Gasteiger partial charge on any atom is -0.463 e. The summed E-state index contributed by atoms with van der Waals surface area (Å²) in [6.07, 6.45) is 9.79. The Morgan fingerprint density at radius 1 is 1.04 bits per heavy atom. The molecule has 0 N–H and O–H groups in total. The Kier molecular flexibility index (Phi) is 4.21. The highest BCUT2D eigenvalue weighted by Crippen LogP contribution is 2.69. The van der Waals surface area contributed by atoms with Crippen molar-refractivity contribution in [3.8, 4) is 0 Å². The summed E-state index contributed by atoms with van der Waals surface area (Å²) in [4.78, 5) is 23.6. The molecule has 1 saturated heterocycles. The Hall–Kier alpha value is -1.06. The zero-order valence-corrected chi connectivity index (χ0v) is 17.9. The highest BCUT2D eigenvalue weighted by Gasteiger charge is 2.66. The van der Waals surface area contributed by atoms with E-state index in [1.807, 2.05) is 0 Å². The molecule has 0 spiro atoms. The van der Waals surface area contributed by atoms with Crippen LogP contribution in [0, 0.1) is 46.3 Å². The van der Waals surface area contributed by atoms with Gasteiger partial charge in [-0.3, -0.25) is 9.59 Å². The van der Waals surface area contributed by atoms with Crippen LogP contribution in [-0.4, -0.2) is 24.1 Å². The van der Waals surface area contributed by atoms with Crippen molar-refractivity contribution < 1.29 is 19.1 Å². The van der Waals surface area contributed by atoms with Gasteiger partial charge in [-0.2, -0.15) is 0 Å². The lowest BCUT2D eigenvalue weighted by Crippen LogP contribution is -2.54. The standard InChI is InChI=1S/C24H36O4/c1-13-21-20(28-22(13)26)12-19-17-6-5-15-11-16(27-14(2)25)7-9-23(15,3)18(17)8-10-24(19,21)4/h13,15-21H,5-12H2,1-4H3/t13-,15+,16+,17+,18-,19-,20-,21-,23-,24-/m0/s1. The average Bonchev–Trinajstić information content (AvgIpc) is 3.08. The lowest BCUT2D eigenvalue weighted by atomic mass is 9.44. The molecular weight excluding hydrogens is 352 g/mol. The number of hydrogen-bond donors (Lipinski definition) is 0. The molecule has 4 saturated carbocycles. The van der Waals surface area contributed by atoms with Gasteiger partial charge in [-0.15, -0.1) is 0 Å². The lowest BCUT2D eigenvalue weighted by Gasteiger charge is -2.61. The summed E-state index contributed by atoms with van der Waals surface area (Å²) in [6, 6.07) is 0. The van der Waals surface area contributed by atoms with Crippen LogP contribution < -0.4 is 0 Å². The van der Waals surface area contributed by atoms with E-state index in [1.165, 1.54) is 39.0 Å². The van der Waals surface area contributed by atoms with Gasteiger partial charge < -0.3 is 9.47 Å². The van der Waals surface area contributed by atoms with Gasteiger partial charge in [0.15, 0.2) is 0 Å². The molecule has 1 heterocycles. The topological polar surface area (TPSA) is 52.6 Å². The predicted molar refractivity (Wildman–Crippen MR) is 105 cm³/mol. The maximum Gasteiger partial charge on any atom is 0.309 e. The molecule has 0 aromatic heterocycles. The van der Waals surface area contributed by atoms with Gasteiger partial charge in [0.05, 0.1) is 5.92 Å². The fraction of sp³-hybridized carbons (Fsp3) is 0.917. The van der Waals surface area contributed by atoms with Crippen LogP contribution in [0.1, 0.15) is 79.1 Å². The lowest BCUT2D eigenvalue weighted by molar-refractivity contribution is -0.160. The van der Waals surface area contributed by atoms with Crippen molar-refractivity contribution in [2.24, 2.45) is 46.3 Å². The van der Waals surface area contributed by atoms with E-state index in [4.69, 9.17) is 9.47 Å². The van der Waals surface area contributed by atoms with Crippen LogP contribution in [0.3, 0.4) is 0 Å². The third-order valence-corrected chi connectivity index (χ3v) is 10.2. The quantitative estimate of drug-likeness (QED) is 0.608. The second-order valence-electron chi connectivity index (χ2n) is 11.2. The number of esters is 2. The number of rotatable bonds is 1. The number of carbonyl (C=O) groups excluding carboxylic acids is 2. The molecule has 1 aliphatic heterocycles. The van der Waals surface area contributed by atoms with Crippen molar-refractivity contribution in [1.29, 1.82) is 0 Å². The summed E-state index contributed by atoms with van der Waals surface area (Å²) in [6.45, 7) is 8.65. The minimum atomic E-state index is -0.128. The second kappa shape index (κ2) is 6.22. The molecule has 156 valence electrons. The molecule has 5 fully saturated rings. The second-order valence-corrected chi connectivity index (χ2v) is 11.2. The van der Waals surface area contributed by atoms with Crippen molar-refractivity contribution in [1.82, 2.24) is 0 Å². The summed E-state index contributed by atoms with van der Waals surface area (Å²) in [7, 11) is 0. The van der Waals surface area contributed by atoms with E-state index in [1.54, 1.807) is 0 Å². The van der Waals surface area contributed by atoms with Crippen molar-refractivity contribution in [3.63, 3.8) is 0 Å². The van der Waals surface area contributed by atoms with E-state index in [-0.39, 0.29) is 35.5 Å². The van der Waals surface area contributed by atoms with Gasteiger partial charge in [0.25, 0.3) is 0 Å². The normalized spacial score (nSPS) is 54.8. The van der Waals surface area contributed by atoms with Crippen molar-refractivity contribution >= 4 is 11.9 Å². The fourth-order valence-electron chi connectivity index (χ4n) is 9.01. The third-order valence-electron chi connectivity index (χ3n) is 10.2. The molecule has 0 radical (unpaired) electrons. The highest BCUT2D eigenvalue weighted by atomic mass is 16.6. The Morgan fingerprint density at radius 3 is 2.54 bits per heavy atom. The highest BCUT2D eigenvalue weighted by molar-refractivity contribution is 5.75. The average molecular weight is 389 g/mol. The molecule has 0 amide bonds. The molecule has 0 aromatic rings. The SMILES string of the molecule is CC(=O)O[C@@H]1CC[C@@]2(C)[C@H](CC[C@@H]3[C@@H]2CC[C@]2(C)[C@@H]4[C@H](C[C@@H]32)OC(=O)[C@H]4C)C1. The number of hydrogen-bond acceptors (Lipinski definition) is 4. The molecule has 28 heavy (non-hydrogen) atoms. The largest absolute Gasteiger partial charge is 0.463 e. The molecule has 10 atom stereocenters. The Morgan fingerprint density at radius 2 is 1.79 bits per heavy atom. The van der Waals surface area contributed by atoms with E-state index in [9.17, 15) is 9.59 Å². The molecule has 4 heteroatoms. The predicted octanol–water partition coefficient (Wildman–Crippen LogP) is 4.75. The number of carbonyl (C=O) groups is 2. The first-order valence-corrected chi connectivity index (χ1v) is 11.6. The minimum absolute atomic E-state index is 0.0382. The van der Waals surface area contributed by atoms with Gasteiger partial charge in [0.1, 0.15) is 12.2 Å². The zero-order chi connectivity index (χ0) is 19.8. The molecular formula is C24H36O4. The van der Waals surface area contributed by atoms with E-state index in [0.29, 0.717) is 23.2 Å². The van der Waals surface area contributed by atoms with Crippen molar-refractivity contribution in [2.45, 2.75) is 91.3 Å². The summed E-state index contributed by atoms with van der Waals surface area (Å²) in [5, 5.41) is 0. The van der Waals surface area contributed by atoms with Gasteiger partial charge in [-0.05, 0) is 85.9 Å². The maximum absolute atomic E-state index is 12.2. The molecule has 5 rings (SSSR count). The van der Waals surface area contributed by atoms with E-state index in [0.717, 1.165) is 31.1 Å². The van der Waals surface area contributed by atoms with Gasteiger partial charge in [-0.25, -0.2) is 0 Å². The smallest absolute Gasteiger partial charge is 0.309 e. The first-order valence-electron chi connectivity index (χ1n) is 11.6. The Balaban J connectivity index is 1.37. The zero-order valence-electron chi connectivity index (χ0n) is 17.9. The summed E-state index contributed by atoms with van der Waals surface area (Å²) in [5.74, 6) is 3.37. The van der Waals surface area contributed by atoms with Crippen LogP contribution in [0.15, 0.2) is 0 Å². The Labute approximate surface area is 169 Å². The van der Waals surface area contributed by atoms with E-state index >= 15 is 0 Å². The number of fused-ring (bicyclic) bond motifs is 7. The van der Waals surface area contributed by atoms with Crippen LogP contribution in [0.2, 0.25) is 0 Å². The summed E-state index contributed by atoms with van der Waals surface area (Å²) in [5.41, 5.74) is 0.663. The van der Waals surface area contributed by atoms with Gasteiger partial charge >= 0.3 is 11.9 Å². The van der Waals surface area contributed by atoms with Crippen molar-refractivity contribution in [3.05, 3.63) is 0 Å². The van der Waals surface area contributed by atoms with Crippen LogP contribution in [-0.2, 0) is 19.1 Å². The van der Waals surface area contributed by atoms with Crippen molar-refractivity contribution in [2.75, 3.05) is 0 Å². The van der Waals surface area contributed by atoms with E-state index in [2.05, 4.69) is 20.8 Å². The number of ether oxygens (including phenoxy) is 2. The third kappa shape index (κ3) is 2.48. The van der Waals surface area contributed by atoms with E-state index < -0.39 is 0 Å². The van der Waals surface area contributed by atoms with Gasteiger partial charge in [0.2, 0.25) is 0 Å². The molecule has 4 aliphatic carbocycles. The molecule has 0 bridgehead atoms. The summed E-state index contributed by atoms with van der Waals surface area (Å²) >= 11 is 0. The monoisotopic (exact) mass is 388 g/mol. The maximum atomic E-state index is 12.2. The molecule has 5 aliphatic rings. The first kappa shape index (κ1) is 18.9. The van der Waals surface area contributed by atoms with Gasteiger partial charge in [0, 0.05) is 12.8 Å². The molecule has 4 nitrogen and oxygen atoms in total. The van der Waals surface area contributed by atoms with Crippen LogP contribution in [0.5, 0.6) is 0 Å². The molecule has 0 unspecified atom stereocenters. The van der Waals surface area contributed by atoms with Crippen LogP contribution in [0.4, 0.5) is 0 Å².